The molecule has 1 amide bonds. The lowest BCUT2D eigenvalue weighted by Gasteiger charge is -2.27. The molecule has 1 aliphatic rings. The molecule has 4 aromatic rings. The normalized spacial score (nSPS) is 13.6. The number of ether oxygens (including phenoxy) is 1. The number of halogens is 1. The van der Waals surface area contributed by atoms with E-state index in [2.05, 4.69) is 22.3 Å². The zero-order chi connectivity index (χ0) is 22.9. The van der Waals surface area contributed by atoms with E-state index in [0.29, 0.717) is 20.5 Å². The van der Waals surface area contributed by atoms with Crippen molar-refractivity contribution in [2.24, 2.45) is 0 Å². The minimum atomic E-state index is -0.429. The van der Waals surface area contributed by atoms with E-state index >= 15 is 0 Å². The van der Waals surface area contributed by atoms with Crippen molar-refractivity contribution >= 4 is 61.2 Å². The van der Waals surface area contributed by atoms with Gasteiger partial charge in [0.2, 0.25) is 0 Å². The number of esters is 1. The maximum atomic E-state index is 13.1. The molecule has 0 saturated carbocycles. The second-order valence-corrected chi connectivity index (χ2v) is 10.4. The summed E-state index contributed by atoms with van der Waals surface area (Å²) in [5.74, 6) is -0.743. The smallest absolute Gasteiger partial charge is 0.341 e. The lowest BCUT2D eigenvalue weighted by molar-refractivity contribution is 0.0600. The van der Waals surface area contributed by atoms with E-state index in [-0.39, 0.29) is 5.91 Å². The number of amides is 1. The fourth-order valence-corrected chi connectivity index (χ4v) is 6.84. The Morgan fingerprint density at radius 2 is 1.85 bits per heavy atom. The number of rotatable bonds is 5. The summed E-state index contributed by atoms with van der Waals surface area (Å²) in [6.45, 7) is 2.39. The number of carbonyl (C=O) groups is 2. The molecule has 0 saturated heterocycles. The summed E-state index contributed by atoms with van der Waals surface area (Å²) in [7, 11) is 1.37. The lowest BCUT2D eigenvalue weighted by atomic mass is 10.0. The van der Waals surface area contributed by atoms with Crippen molar-refractivity contribution in [2.45, 2.75) is 19.5 Å². The molecule has 168 valence electrons. The van der Waals surface area contributed by atoms with Crippen molar-refractivity contribution in [1.29, 1.82) is 0 Å². The highest BCUT2D eigenvalue weighted by Gasteiger charge is 2.30. The Labute approximate surface area is 204 Å². The van der Waals surface area contributed by atoms with Crippen LogP contribution in [-0.2, 0) is 24.2 Å². The maximum Gasteiger partial charge on any atom is 0.341 e. The molecule has 5 nitrogen and oxygen atoms in total. The van der Waals surface area contributed by atoms with Crippen molar-refractivity contribution < 1.29 is 14.3 Å². The fourth-order valence-electron chi connectivity index (χ4n) is 4.16. The molecule has 0 spiro atoms. The van der Waals surface area contributed by atoms with Crippen LogP contribution in [0.1, 0.15) is 36.0 Å². The molecule has 2 aromatic heterocycles. The number of fused-ring (bicyclic) bond motifs is 2. The molecule has 0 fully saturated rings. The van der Waals surface area contributed by atoms with Crippen LogP contribution in [0.15, 0.2) is 54.6 Å². The van der Waals surface area contributed by atoms with Crippen LogP contribution in [0, 0.1) is 0 Å². The zero-order valence-electron chi connectivity index (χ0n) is 17.9. The highest BCUT2D eigenvalue weighted by atomic mass is 35.5. The number of hydrogen-bond acceptors (Lipinski definition) is 6. The number of nitrogens with zero attached hydrogens (tertiary/aromatic N) is 1. The van der Waals surface area contributed by atoms with Crippen molar-refractivity contribution in [3.8, 4) is 0 Å². The first kappa shape index (κ1) is 22.1. The van der Waals surface area contributed by atoms with Crippen LogP contribution in [0.4, 0.5) is 5.00 Å². The second-order valence-electron chi connectivity index (χ2n) is 7.84. The largest absolute Gasteiger partial charge is 0.465 e. The SMILES string of the molecule is COC(=O)c1c(NC(=O)c2sc3ccccc3c2Cl)sc2c1CCN(Cc1ccccc1)C2. The van der Waals surface area contributed by atoms with Crippen LogP contribution in [0.25, 0.3) is 10.1 Å². The number of anilines is 1. The molecule has 3 heterocycles. The number of methoxy groups -OCH3 is 1. The quantitative estimate of drug-likeness (QED) is 0.333. The van der Waals surface area contributed by atoms with E-state index < -0.39 is 5.97 Å². The molecule has 0 bridgehead atoms. The second kappa shape index (κ2) is 9.27. The van der Waals surface area contributed by atoms with Gasteiger partial charge in [-0.3, -0.25) is 9.69 Å². The van der Waals surface area contributed by atoms with Crippen LogP contribution in [-0.4, -0.2) is 30.4 Å². The minimum absolute atomic E-state index is 0.314. The van der Waals surface area contributed by atoms with Crippen LogP contribution >= 0.6 is 34.3 Å². The van der Waals surface area contributed by atoms with Crippen LogP contribution < -0.4 is 5.32 Å². The Morgan fingerprint density at radius 1 is 1.09 bits per heavy atom. The van der Waals surface area contributed by atoms with Gasteiger partial charge in [0.05, 0.1) is 17.7 Å². The van der Waals surface area contributed by atoms with Gasteiger partial charge >= 0.3 is 5.97 Å². The number of carbonyl (C=O) groups excluding carboxylic acids is 2. The monoisotopic (exact) mass is 496 g/mol. The Hall–Kier alpha value is -2.71. The zero-order valence-corrected chi connectivity index (χ0v) is 20.3. The van der Waals surface area contributed by atoms with Crippen LogP contribution in [0.3, 0.4) is 0 Å². The van der Waals surface area contributed by atoms with E-state index in [4.69, 9.17) is 16.3 Å². The van der Waals surface area contributed by atoms with Gasteiger partial charge in [-0.2, -0.15) is 0 Å². The van der Waals surface area contributed by atoms with Gasteiger partial charge in [0.1, 0.15) is 9.88 Å². The third-order valence-corrected chi connectivity index (χ3v) is 8.55. The maximum absolute atomic E-state index is 13.1. The van der Waals surface area contributed by atoms with Crippen molar-refractivity contribution in [1.82, 2.24) is 4.90 Å². The Bertz CT molecular complexity index is 1350. The summed E-state index contributed by atoms with van der Waals surface area (Å²) >= 11 is 9.29. The molecule has 33 heavy (non-hydrogen) atoms. The fraction of sp³-hybridized carbons (Fsp3) is 0.200. The Balaban J connectivity index is 1.43. The van der Waals surface area contributed by atoms with E-state index in [1.165, 1.54) is 35.3 Å². The first-order valence-electron chi connectivity index (χ1n) is 10.5. The molecule has 0 unspecified atom stereocenters. The molecule has 0 aliphatic carbocycles. The average Bonchev–Trinajstić information content (AvgIpc) is 3.36. The van der Waals surface area contributed by atoms with Gasteiger partial charge in [0.25, 0.3) is 5.91 Å². The van der Waals surface area contributed by atoms with Crippen molar-refractivity contribution in [3.63, 3.8) is 0 Å². The van der Waals surface area contributed by atoms with E-state index in [1.807, 2.05) is 42.5 Å². The average molecular weight is 497 g/mol. The molecular formula is C25H21ClN2O3S2. The summed E-state index contributed by atoms with van der Waals surface area (Å²) in [4.78, 5) is 29.7. The Kier molecular flexibility index (Phi) is 6.21. The highest BCUT2D eigenvalue weighted by Crippen LogP contribution is 2.40. The summed E-state index contributed by atoms with van der Waals surface area (Å²) in [5.41, 5.74) is 2.68. The standard InChI is InChI=1S/C25H21ClN2O3S2/c1-31-25(30)20-16-11-12-28(13-15-7-3-2-4-8-15)14-19(16)33-24(20)27-23(29)22-21(26)17-9-5-6-10-18(17)32-22/h2-10H,11-14H2,1H3,(H,27,29). The van der Waals surface area contributed by atoms with Crippen LogP contribution in [0.5, 0.6) is 0 Å². The predicted molar refractivity (Wildman–Crippen MR) is 135 cm³/mol. The van der Waals surface area contributed by atoms with Gasteiger partial charge in [-0.1, -0.05) is 60.1 Å². The van der Waals surface area contributed by atoms with Gasteiger partial charge in [0, 0.05) is 34.6 Å². The first-order chi connectivity index (χ1) is 16.0. The molecule has 0 atom stereocenters. The van der Waals surface area contributed by atoms with Gasteiger partial charge in [-0.25, -0.2) is 4.79 Å². The van der Waals surface area contributed by atoms with Crippen molar-refractivity contribution in [3.05, 3.63) is 86.1 Å². The summed E-state index contributed by atoms with van der Waals surface area (Å²) in [6, 6.07) is 18.0. The molecule has 2 aromatic carbocycles. The number of benzene rings is 2. The van der Waals surface area contributed by atoms with Crippen LogP contribution in [0.2, 0.25) is 5.02 Å². The molecule has 1 aliphatic heterocycles. The lowest BCUT2D eigenvalue weighted by Crippen LogP contribution is -2.29. The van der Waals surface area contributed by atoms with Gasteiger partial charge in [0.15, 0.2) is 0 Å². The molecule has 1 N–H and O–H groups in total. The Morgan fingerprint density at radius 3 is 2.61 bits per heavy atom. The summed E-state index contributed by atoms with van der Waals surface area (Å²) < 4.78 is 6.01. The third kappa shape index (κ3) is 4.29. The summed E-state index contributed by atoms with van der Waals surface area (Å²) in [5, 5.41) is 4.76. The molecule has 0 radical (unpaired) electrons. The molecule has 8 heteroatoms. The van der Waals surface area contributed by atoms with Gasteiger partial charge in [-0.05, 0) is 23.6 Å². The predicted octanol–water partition coefficient (Wildman–Crippen LogP) is 6.21. The third-order valence-electron chi connectivity index (χ3n) is 5.74. The van der Waals surface area contributed by atoms with E-state index in [0.717, 1.165) is 46.6 Å². The number of thiophene rings is 2. The van der Waals surface area contributed by atoms with Gasteiger partial charge < -0.3 is 10.1 Å². The minimum Gasteiger partial charge on any atom is -0.465 e. The van der Waals surface area contributed by atoms with Crippen molar-refractivity contribution in [2.75, 3.05) is 19.0 Å². The topological polar surface area (TPSA) is 58.6 Å². The van der Waals surface area contributed by atoms with Gasteiger partial charge in [-0.15, -0.1) is 22.7 Å². The highest BCUT2D eigenvalue weighted by molar-refractivity contribution is 7.22. The molecular weight excluding hydrogens is 476 g/mol. The van der Waals surface area contributed by atoms with E-state index in [9.17, 15) is 9.59 Å². The van der Waals surface area contributed by atoms with E-state index in [1.54, 1.807) is 0 Å². The number of hydrogen-bond donors (Lipinski definition) is 1. The summed E-state index contributed by atoms with van der Waals surface area (Å²) in [6.07, 6.45) is 0.725. The number of nitrogens with one attached hydrogen (secondary N) is 1. The first-order valence-corrected chi connectivity index (χ1v) is 12.5. The molecule has 5 rings (SSSR count).